The maximum Gasteiger partial charge on any atom is 0.270 e. The topological polar surface area (TPSA) is 63.8 Å². The Hall–Kier alpha value is -1.03. The highest BCUT2D eigenvalue weighted by molar-refractivity contribution is 5.17. The average Bonchev–Trinajstić information content (AvgIpc) is 2.88. The summed E-state index contributed by atoms with van der Waals surface area (Å²) in [4.78, 5) is 11.7. The zero-order valence-electron chi connectivity index (χ0n) is 7.84. The first kappa shape index (κ1) is 8.56. The Kier molecular flexibility index (Phi) is 2.00. The Morgan fingerprint density at radius 3 is 2.85 bits per heavy atom. The van der Waals surface area contributed by atoms with Crippen LogP contribution in [0.15, 0.2) is 4.79 Å². The monoisotopic (exact) mass is 181 g/mol. The van der Waals surface area contributed by atoms with Crippen molar-refractivity contribution in [3.05, 3.63) is 21.6 Å². The third-order valence-corrected chi connectivity index (χ3v) is 2.52. The maximum atomic E-state index is 11.7. The molecule has 4 heteroatoms. The van der Waals surface area contributed by atoms with E-state index >= 15 is 0 Å². The van der Waals surface area contributed by atoms with Gasteiger partial charge >= 0.3 is 0 Å². The van der Waals surface area contributed by atoms with Crippen molar-refractivity contribution < 1.29 is 0 Å². The lowest BCUT2D eigenvalue weighted by Crippen LogP contribution is -2.19. The Morgan fingerprint density at radius 2 is 2.31 bits per heavy atom. The lowest BCUT2D eigenvalue weighted by atomic mass is 10.2. The number of nitrogens with zero attached hydrogens (tertiary/aromatic N) is 1. The first-order valence-electron chi connectivity index (χ1n) is 4.74. The summed E-state index contributed by atoms with van der Waals surface area (Å²) < 4.78 is 1.75. The Balaban J connectivity index is 2.38. The van der Waals surface area contributed by atoms with Gasteiger partial charge in [0.15, 0.2) is 0 Å². The second-order valence-corrected chi connectivity index (χ2v) is 3.66. The van der Waals surface area contributed by atoms with E-state index in [0.29, 0.717) is 19.0 Å². The molecule has 1 saturated carbocycles. The summed E-state index contributed by atoms with van der Waals surface area (Å²) in [6, 6.07) is 0.428. The van der Waals surface area contributed by atoms with Crippen LogP contribution in [-0.4, -0.2) is 16.3 Å². The van der Waals surface area contributed by atoms with Gasteiger partial charge in [0.05, 0.1) is 6.04 Å². The quantitative estimate of drug-likeness (QED) is 0.705. The summed E-state index contributed by atoms with van der Waals surface area (Å²) in [6.07, 6.45) is 2.94. The highest BCUT2D eigenvalue weighted by Crippen LogP contribution is 2.32. The van der Waals surface area contributed by atoms with Crippen LogP contribution in [0, 0.1) is 6.92 Å². The van der Waals surface area contributed by atoms with Crippen LogP contribution >= 0.6 is 0 Å². The van der Waals surface area contributed by atoms with Crippen molar-refractivity contribution >= 4 is 0 Å². The van der Waals surface area contributed by atoms with Gasteiger partial charge in [-0.3, -0.25) is 9.89 Å². The molecule has 0 saturated heterocycles. The third-order valence-electron chi connectivity index (χ3n) is 2.52. The molecule has 1 aliphatic rings. The predicted molar refractivity (Wildman–Crippen MR) is 50.8 cm³/mol. The van der Waals surface area contributed by atoms with E-state index in [1.807, 2.05) is 6.92 Å². The molecular weight excluding hydrogens is 166 g/mol. The fraction of sp³-hybridized carbons (Fsp3) is 0.667. The van der Waals surface area contributed by atoms with Crippen LogP contribution in [0.5, 0.6) is 0 Å². The maximum absolute atomic E-state index is 11.7. The highest BCUT2D eigenvalue weighted by Gasteiger charge is 2.27. The fourth-order valence-electron chi connectivity index (χ4n) is 1.63. The zero-order valence-corrected chi connectivity index (χ0v) is 7.84. The number of H-pyrrole nitrogens is 1. The number of hydrogen-bond donors (Lipinski definition) is 2. The number of rotatable bonds is 3. The molecule has 0 atom stereocenters. The van der Waals surface area contributed by atoms with Crippen molar-refractivity contribution in [1.29, 1.82) is 0 Å². The van der Waals surface area contributed by atoms with Crippen LogP contribution in [0.3, 0.4) is 0 Å². The summed E-state index contributed by atoms with van der Waals surface area (Å²) in [7, 11) is 0. The molecule has 1 fully saturated rings. The largest absolute Gasteiger partial charge is 0.330 e. The SMILES string of the molecule is Cc1[nH]n(C2CC2)c(=O)c1CCN. The average molecular weight is 181 g/mol. The van der Waals surface area contributed by atoms with E-state index in [4.69, 9.17) is 5.73 Å². The van der Waals surface area contributed by atoms with E-state index in [1.165, 1.54) is 0 Å². The van der Waals surface area contributed by atoms with Gasteiger partial charge in [-0.1, -0.05) is 0 Å². The van der Waals surface area contributed by atoms with Crippen molar-refractivity contribution in [2.45, 2.75) is 32.2 Å². The van der Waals surface area contributed by atoms with Crippen molar-refractivity contribution in [2.75, 3.05) is 6.54 Å². The van der Waals surface area contributed by atoms with Crippen LogP contribution in [0.4, 0.5) is 0 Å². The molecule has 0 aliphatic heterocycles. The summed E-state index contributed by atoms with van der Waals surface area (Å²) in [5.41, 5.74) is 7.40. The second-order valence-electron chi connectivity index (χ2n) is 3.66. The number of nitrogens with two attached hydrogens (primary N) is 1. The summed E-state index contributed by atoms with van der Waals surface area (Å²) >= 11 is 0. The molecule has 0 bridgehead atoms. The van der Waals surface area contributed by atoms with Crippen LogP contribution in [0.1, 0.15) is 30.1 Å². The Labute approximate surface area is 76.7 Å². The number of aromatic nitrogens is 2. The molecule has 0 unspecified atom stereocenters. The van der Waals surface area contributed by atoms with Gasteiger partial charge in [-0.25, -0.2) is 4.68 Å². The van der Waals surface area contributed by atoms with E-state index < -0.39 is 0 Å². The van der Waals surface area contributed by atoms with Crippen molar-refractivity contribution in [3.8, 4) is 0 Å². The van der Waals surface area contributed by atoms with Crippen molar-refractivity contribution in [3.63, 3.8) is 0 Å². The fourth-order valence-corrected chi connectivity index (χ4v) is 1.63. The zero-order chi connectivity index (χ0) is 9.42. The van der Waals surface area contributed by atoms with E-state index in [9.17, 15) is 4.79 Å². The third kappa shape index (κ3) is 1.42. The molecule has 4 nitrogen and oxygen atoms in total. The summed E-state index contributed by atoms with van der Waals surface area (Å²) in [5, 5.41) is 3.11. The lowest BCUT2D eigenvalue weighted by Gasteiger charge is -1.94. The smallest absolute Gasteiger partial charge is 0.270 e. The number of nitrogens with one attached hydrogen (secondary N) is 1. The minimum atomic E-state index is 0.130. The molecule has 1 heterocycles. The minimum Gasteiger partial charge on any atom is -0.330 e. The molecule has 13 heavy (non-hydrogen) atoms. The van der Waals surface area contributed by atoms with E-state index in [-0.39, 0.29) is 5.56 Å². The molecule has 1 aliphatic carbocycles. The summed E-state index contributed by atoms with van der Waals surface area (Å²) in [5.74, 6) is 0. The Bertz CT molecular complexity index is 359. The van der Waals surface area contributed by atoms with Gasteiger partial charge in [0.25, 0.3) is 5.56 Å². The molecular formula is C9H15N3O. The Morgan fingerprint density at radius 1 is 1.62 bits per heavy atom. The van der Waals surface area contributed by atoms with Gasteiger partial charge in [0, 0.05) is 11.3 Å². The van der Waals surface area contributed by atoms with Gasteiger partial charge in [-0.2, -0.15) is 0 Å². The molecule has 3 N–H and O–H groups in total. The van der Waals surface area contributed by atoms with Gasteiger partial charge in [0.2, 0.25) is 0 Å². The van der Waals surface area contributed by atoms with E-state index in [0.717, 1.165) is 24.1 Å². The van der Waals surface area contributed by atoms with Crippen LogP contribution < -0.4 is 11.3 Å². The first-order chi connectivity index (χ1) is 6.24. The normalized spacial score (nSPS) is 16.5. The van der Waals surface area contributed by atoms with E-state index in [1.54, 1.807) is 4.68 Å². The molecule has 72 valence electrons. The van der Waals surface area contributed by atoms with Crippen molar-refractivity contribution in [1.82, 2.24) is 9.78 Å². The number of hydrogen-bond acceptors (Lipinski definition) is 2. The molecule has 2 rings (SSSR count). The molecule has 0 amide bonds. The predicted octanol–water partition coefficient (Wildman–Crippen LogP) is 0.321. The molecule has 1 aromatic rings. The standard InChI is InChI=1S/C9H15N3O/c1-6-8(4-5-10)9(13)12(11-6)7-2-3-7/h7,11H,2-5,10H2,1H3. The molecule has 1 aromatic heterocycles. The number of aryl methyl sites for hydroxylation is 1. The minimum absolute atomic E-state index is 0.130. The lowest BCUT2D eigenvalue weighted by molar-refractivity contribution is 0.614. The van der Waals surface area contributed by atoms with Crippen LogP contribution in [-0.2, 0) is 6.42 Å². The van der Waals surface area contributed by atoms with Gasteiger partial charge in [-0.15, -0.1) is 0 Å². The van der Waals surface area contributed by atoms with Crippen LogP contribution in [0.2, 0.25) is 0 Å². The molecule has 0 aromatic carbocycles. The van der Waals surface area contributed by atoms with E-state index in [2.05, 4.69) is 5.10 Å². The molecule has 0 radical (unpaired) electrons. The van der Waals surface area contributed by atoms with Crippen molar-refractivity contribution in [2.24, 2.45) is 5.73 Å². The highest BCUT2D eigenvalue weighted by atomic mass is 16.1. The van der Waals surface area contributed by atoms with Gasteiger partial charge in [0.1, 0.15) is 0 Å². The number of aromatic amines is 1. The van der Waals surface area contributed by atoms with Gasteiger partial charge in [-0.05, 0) is 32.7 Å². The first-order valence-corrected chi connectivity index (χ1v) is 4.74. The molecule has 0 spiro atoms. The summed E-state index contributed by atoms with van der Waals surface area (Å²) in [6.45, 7) is 2.48. The second kappa shape index (κ2) is 3.03. The van der Waals surface area contributed by atoms with Crippen LogP contribution in [0.25, 0.3) is 0 Å². The van der Waals surface area contributed by atoms with Gasteiger partial charge < -0.3 is 5.73 Å².